The summed E-state index contributed by atoms with van der Waals surface area (Å²) in [7, 11) is 1.56. The van der Waals surface area contributed by atoms with E-state index >= 15 is 0 Å². The molecule has 0 bridgehead atoms. The highest BCUT2D eigenvalue weighted by Gasteiger charge is 2.29. The third-order valence-corrected chi connectivity index (χ3v) is 5.24. The van der Waals surface area contributed by atoms with Crippen LogP contribution in [0.1, 0.15) is 18.1 Å². The summed E-state index contributed by atoms with van der Waals surface area (Å²) < 4.78 is 11.4. The van der Waals surface area contributed by atoms with E-state index in [0.717, 1.165) is 5.56 Å². The van der Waals surface area contributed by atoms with Gasteiger partial charge >= 0.3 is 0 Å². The van der Waals surface area contributed by atoms with Gasteiger partial charge in [-0.15, -0.1) is 0 Å². The second-order valence-electron chi connectivity index (χ2n) is 5.95. The largest absolute Gasteiger partial charge is 0.493 e. The fourth-order valence-corrected chi connectivity index (χ4v) is 3.40. The number of amides is 1. The fraction of sp³-hybridized carbons (Fsp3) is 0.200. The van der Waals surface area contributed by atoms with Crippen molar-refractivity contribution in [2.75, 3.05) is 13.7 Å². The van der Waals surface area contributed by atoms with E-state index in [1.165, 1.54) is 4.90 Å². The van der Waals surface area contributed by atoms with Gasteiger partial charge in [0.1, 0.15) is 12.3 Å². The molecule has 5 nitrogen and oxygen atoms in total. The first-order chi connectivity index (χ1) is 13.4. The number of methoxy groups -OCH3 is 1. The SMILES string of the molecule is CCN1C(=O)/C(=C\c2cccc(OC)c2OCc2ccc(Cl)c(Cl)c2)NC1=S. The Morgan fingerprint density at radius 2 is 2.00 bits per heavy atom. The number of carbonyl (C=O) groups is 1. The molecule has 1 aliphatic rings. The second kappa shape index (κ2) is 8.82. The molecule has 1 heterocycles. The van der Waals surface area contributed by atoms with Crippen molar-refractivity contribution in [2.45, 2.75) is 13.5 Å². The minimum absolute atomic E-state index is 0.175. The first-order valence-electron chi connectivity index (χ1n) is 8.52. The van der Waals surface area contributed by atoms with Crippen LogP contribution in [0, 0.1) is 0 Å². The number of nitrogens with one attached hydrogen (secondary N) is 1. The number of benzene rings is 2. The highest BCUT2D eigenvalue weighted by Crippen LogP contribution is 2.34. The zero-order valence-electron chi connectivity index (χ0n) is 15.3. The maximum absolute atomic E-state index is 12.5. The molecule has 146 valence electrons. The van der Waals surface area contributed by atoms with Crippen LogP contribution in [0.25, 0.3) is 6.08 Å². The Hall–Kier alpha value is -2.28. The molecular formula is C20H18Cl2N2O3S. The van der Waals surface area contributed by atoms with E-state index in [0.29, 0.717) is 44.5 Å². The fourth-order valence-electron chi connectivity index (χ4n) is 2.76. The third kappa shape index (κ3) is 4.24. The van der Waals surface area contributed by atoms with Crippen LogP contribution >= 0.6 is 35.4 Å². The minimum atomic E-state index is -0.175. The highest BCUT2D eigenvalue weighted by molar-refractivity contribution is 7.80. The first kappa shape index (κ1) is 20.5. The number of ether oxygens (including phenoxy) is 2. The molecule has 0 spiro atoms. The number of halogens is 2. The van der Waals surface area contributed by atoms with Gasteiger partial charge in [0, 0.05) is 12.1 Å². The van der Waals surface area contributed by atoms with Gasteiger partial charge in [0.05, 0.1) is 17.2 Å². The van der Waals surface area contributed by atoms with E-state index in [-0.39, 0.29) is 12.5 Å². The van der Waals surface area contributed by atoms with E-state index in [9.17, 15) is 4.79 Å². The Labute approximate surface area is 178 Å². The van der Waals surface area contributed by atoms with Crippen LogP contribution in [0.4, 0.5) is 0 Å². The number of hydrogen-bond donors (Lipinski definition) is 1. The molecule has 0 atom stereocenters. The maximum Gasteiger partial charge on any atom is 0.276 e. The average Bonchev–Trinajstić information content (AvgIpc) is 2.95. The standard InChI is InChI=1S/C20H18Cl2N2O3S/c1-3-24-19(25)16(23-20(24)28)10-13-5-4-6-17(26-2)18(13)27-11-12-7-8-14(21)15(22)9-12/h4-10H,3,11H2,1-2H3,(H,23,28)/b16-10+. The molecule has 0 unspecified atom stereocenters. The normalized spacial score (nSPS) is 15.1. The van der Waals surface area contributed by atoms with Crippen molar-refractivity contribution < 1.29 is 14.3 Å². The summed E-state index contributed by atoms with van der Waals surface area (Å²) in [5.74, 6) is 0.888. The lowest BCUT2D eigenvalue weighted by atomic mass is 10.1. The summed E-state index contributed by atoms with van der Waals surface area (Å²) in [5, 5.41) is 4.27. The Balaban J connectivity index is 1.91. The van der Waals surface area contributed by atoms with Crippen LogP contribution in [0.3, 0.4) is 0 Å². The Bertz CT molecular complexity index is 962. The predicted molar refractivity (Wildman–Crippen MR) is 115 cm³/mol. The van der Waals surface area contributed by atoms with Crippen molar-refractivity contribution in [3.8, 4) is 11.5 Å². The number of nitrogens with zero attached hydrogens (tertiary/aromatic N) is 1. The number of para-hydroxylation sites is 1. The topological polar surface area (TPSA) is 50.8 Å². The van der Waals surface area contributed by atoms with E-state index in [1.54, 1.807) is 31.4 Å². The second-order valence-corrected chi connectivity index (χ2v) is 7.15. The Morgan fingerprint density at radius 1 is 1.21 bits per heavy atom. The van der Waals surface area contributed by atoms with Gasteiger partial charge < -0.3 is 14.8 Å². The van der Waals surface area contributed by atoms with Gasteiger partial charge in [0.15, 0.2) is 16.6 Å². The number of rotatable bonds is 6. The molecule has 1 fully saturated rings. The van der Waals surface area contributed by atoms with Crippen LogP contribution in [-0.4, -0.2) is 29.6 Å². The van der Waals surface area contributed by atoms with Crippen LogP contribution in [0.2, 0.25) is 10.0 Å². The van der Waals surface area contributed by atoms with E-state index in [2.05, 4.69) is 5.32 Å². The highest BCUT2D eigenvalue weighted by atomic mass is 35.5. The van der Waals surface area contributed by atoms with Crippen molar-refractivity contribution in [2.24, 2.45) is 0 Å². The number of thiocarbonyl (C=S) groups is 1. The molecule has 0 radical (unpaired) electrons. The zero-order valence-corrected chi connectivity index (χ0v) is 17.6. The molecule has 8 heteroatoms. The molecule has 2 aromatic rings. The number of hydrogen-bond acceptors (Lipinski definition) is 4. The van der Waals surface area contributed by atoms with Gasteiger partial charge in [-0.1, -0.05) is 41.4 Å². The van der Waals surface area contributed by atoms with Crippen LogP contribution in [0.15, 0.2) is 42.1 Å². The summed E-state index contributed by atoms with van der Waals surface area (Å²) in [6, 6.07) is 10.8. The van der Waals surface area contributed by atoms with E-state index in [1.807, 2.05) is 25.1 Å². The van der Waals surface area contributed by atoms with Gasteiger partial charge in [0.25, 0.3) is 5.91 Å². The Morgan fingerprint density at radius 3 is 2.64 bits per heavy atom. The molecule has 0 aromatic heterocycles. The van der Waals surface area contributed by atoms with E-state index in [4.69, 9.17) is 44.9 Å². The van der Waals surface area contributed by atoms with Crippen LogP contribution in [0.5, 0.6) is 11.5 Å². The van der Waals surface area contributed by atoms with Crippen molar-refractivity contribution in [3.63, 3.8) is 0 Å². The first-order valence-corrected chi connectivity index (χ1v) is 9.69. The molecule has 3 rings (SSSR count). The molecule has 28 heavy (non-hydrogen) atoms. The van der Waals surface area contributed by atoms with E-state index < -0.39 is 0 Å². The molecule has 1 aliphatic heterocycles. The van der Waals surface area contributed by atoms with Gasteiger partial charge in [-0.2, -0.15) is 0 Å². The van der Waals surface area contributed by atoms with Crippen molar-refractivity contribution in [1.29, 1.82) is 0 Å². The predicted octanol–water partition coefficient (Wildman–Crippen LogP) is 4.66. The van der Waals surface area contributed by atoms with Gasteiger partial charge in [0.2, 0.25) is 0 Å². The molecule has 2 aromatic carbocycles. The van der Waals surface area contributed by atoms with Crippen molar-refractivity contribution in [3.05, 3.63) is 63.3 Å². The van der Waals surface area contributed by atoms with Crippen molar-refractivity contribution in [1.82, 2.24) is 10.2 Å². The molecule has 0 saturated carbocycles. The minimum Gasteiger partial charge on any atom is -0.493 e. The number of likely N-dealkylation sites (N-methyl/N-ethyl adjacent to an activating group) is 1. The monoisotopic (exact) mass is 436 g/mol. The zero-order chi connectivity index (χ0) is 20.3. The molecule has 1 saturated heterocycles. The number of carbonyl (C=O) groups excluding carboxylic acids is 1. The average molecular weight is 437 g/mol. The molecule has 1 N–H and O–H groups in total. The summed E-state index contributed by atoms with van der Waals surface area (Å²) in [6.45, 7) is 2.63. The summed E-state index contributed by atoms with van der Waals surface area (Å²) in [5.41, 5.74) is 1.93. The smallest absolute Gasteiger partial charge is 0.276 e. The third-order valence-electron chi connectivity index (χ3n) is 4.17. The van der Waals surface area contributed by atoms with Gasteiger partial charge in [-0.3, -0.25) is 9.69 Å². The molecule has 1 amide bonds. The molecular weight excluding hydrogens is 419 g/mol. The summed E-state index contributed by atoms with van der Waals surface area (Å²) in [4.78, 5) is 14.0. The lowest BCUT2D eigenvalue weighted by Gasteiger charge is -2.14. The molecule has 0 aliphatic carbocycles. The van der Waals surface area contributed by atoms with Crippen molar-refractivity contribution >= 4 is 52.5 Å². The summed E-state index contributed by atoms with van der Waals surface area (Å²) >= 11 is 17.2. The van der Waals surface area contributed by atoms with Gasteiger partial charge in [-0.05, 0) is 49.0 Å². The van der Waals surface area contributed by atoms with Crippen LogP contribution in [-0.2, 0) is 11.4 Å². The van der Waals surface area contributed by atoms with Gasteiger partial charge in [-0.25, -0.2) is 0 Å². The quantitative estimate of drug-likeness (QED) is 0.527. The maximum atomic E-state index is 12.5. The van der Waals surface area contributed by atoms with Crippen LogP contribution < -0.4 is 14.8 Å². The summed E-state index contributed by atoms with van der Waals surface area (Å²) in [6.07, 6.45) is 1.71. The lowest BCUT2D eigenvalue weighted by Crippen LogP contribution is -2.30. The lowest BCUT2D eigenvalue weighted by molar-refractivity contribution is -0.122. The Kier molecular flexibility index (Phi) is 6.44.